The lowest BCUT2D eigenvalue weighted by molar-refractivity contribution is 0.296. The molecule has 1 aromatic rings. The zero-order chi connectivity index (χ0) is 9.68. The summed E-state index contributed by atoms with van der Waals surface area (Å²) >= 11 is 10.7. The van der Waals surface area contributed by atoms with Crippen molar-refractivity contribution in [1.29, 1.82) is 0 Å². The van der Waals surface area contributed by atoms with Crippen LogP contribution in [0.25, 0.3) is 0 Å². The molecule has 1 N–H and O–H groups in total. The van der Waals surface area contributed by atoms with Crippen molar-refractivity contribution in [3.8, 4) is 0 Å². The average Bonchev–Trinajstić information content (AvgIpc) is 2.09. The number of pyridine rings is 1. The minimum absolute atomic E-state index is 0.220. The molecule has 1 rings (SSSR count). The molecule has 0 aliphatic heterocycles. The molecule has 0 aliphatic carbocycles. The average molecular weight is 283 g/mol. The maximum atomic E-state index is 8.59. The maximum absolute atomic E-state index is 8.59. The fraction of sp³-hybridized carbons (Fsp3) is 0.375. The van der Waals surface area contributed by atoms with Crippen molar-refractivity contribution in [3.63, 3.8) is 0 Å². The van der Waals surface area contributed by atoms with Crippen molar-refractivity contribution in [3.05, 3.63) is 21.8 Å². The van der Waals surface area contributed by atoms with E-state index in [1.54, 1.807) is 18.0 Å². The van der Waals surface area contributed by atoms with Crippen LogP contribution < -0.4 is 0 Å². The van der Waals surface area contributed by atoms with E-state index in [-0.39, 0.29) is 6.61 Å². The molecular weight excluding hydrogens is 274 g/mol. The van der Waals surface area contributed by atoms with Crippen LogP contribution in [-0.2, 0) is 0 Å². The number of hydrogen-bond acceptors (Lipinski definition) is 3. The van der Waals surface area contributed by atoms with E-state index in [1.807, 2.05) is 6.07 Å². The minimum atomic E-state index is 0.220. The summed E-state index contributed by atoms with van der Waals surface area (Å²) in [6.07, 6.45) is 2.40. The van der Waals surface area contributed by atoms with E-state index in [0.29, 0.717) is 5.02 Å². The van der Waals surface area contributed by atoms with Crippen LogP contribution in [0.3, 0.4) is 0 Å². The molecule has 1 heterocycles. The van der Waals surface area contributed by atoms with Crippen LogP contribution in [0.5, 0.6) is 0 Å². The summed E-state index contributed by atoms with van der Waals surface area (Å²) in [6.45, 7) is 0.220. The predicted octanol–water partition coefficient (Wildman–Crippen LogP) is 2.97. The Bertz CT molecular complexity index is 285. The zero-order valence-corrected chi connectivity index (χ0v) is 9.99. The number of thioether (sulfide) groups is 1. The van der Waals surface area contributed by atoms with Gasteiger partial charge < -0.3 is 5.11 Å². The molecule has 72 valence electrons. The first kappa shape index (κ1) is 11.3. The van der Waals surface area contributed by atoms with Gasteiger partial charge in [-0.2, -0.15) is 0 Å². The molecule has 0 bridgehead atoms. The zero-order valence-electron chi connectivity index (χ0n) is 6.83. The van der Waals surface area contributed by atoms with E-state index in [0.717, 1.165) is 21.7 Å². The molecule has 13 heavy (non-hydrogen) atoms. The summed E-state index contributed by atoms with van der Waals surface area (Å²) in [5.41, 5.74) is 0. The van der Waals surface area contributed by atoms with Crippen molar-refractivity contribution in [2.24, 2.45) is 0 Å². The van der Waals surface area contributed by atoms with Gasteiger partial charge in [0.05, 0.1) is 9.50 Å². The van der Waals surface area contributed by atoms with E-state index < -0.39 is 0 Å². The summed E-state index contributed by atoms with van der Waals surface area (Å²) in [4.78, 5) is 4.15. The Morgan fingerprint density at radius 2 is 2.38 bits per heavy atom. The van der Waals surface area contributed by atoms with Gasteiger partial charge in [-0.1, -0.05) is 11.6 Å². The number of aliphatic hydroxyl groups excluding tert-OH is 1. The van der Waals surface area contributed by atoms with E-state index in [4.69, 9.17) is 16.7 Å². The highest BCUT2D eigenvalue weighted by molar-refractivity contribution is 9.10. The van der Waals surface area contributed by atoms with Gasteiger partial charge in [-0.3, -0.25) is 0 Å². The summed E-state index contributed by atoms with van der Waals surface area (Å²) in [6, 6.07) is 1.82. The lowest BCUT2D eigenvalue weighted by Gasteiger charge is -2.02. The Balaban J connectivity index is 2.56. The molecule has 0 aliphatic rings. The Morgan fingerprint density at radius 3 is 3.00 bits per heavy atom. The molecule has 5 heteroatoms. The van der Waals surface area contributed by atoms with E-state index in [1.165, 1.54) is 0 Å². The third-order valence-corrected chi connectivity index (χ3v) is 3.48. The van der Waals surface area contributed by atoms with Crippen LogP contribution in [0.1, 0.15) is 6.42 Å². The van der Waals surface area contributed by atoms with E-state index in [2.05, 4.69) is 20.9 Å². The fourth-order valence-electron chi connectivity index (χ4n) is 0.742. The van der Waals surface area contributed by atoms with Gasteiger partial charge >= 0.3 is 0 Å². The van der Waals surface area contributed by atoms with Gasteiger partial charge in [-0.05, 0) is 28.4 Å². The number of nitrogens with zero attached hydrogens (tertiary/aromatic N) is 1. The van der Waals surface area contributed by atoms with Gasteiger partial charge in [0.25, 0.3) is 0 Å². The van der Waals surface area contributed by atoms with Gasteiger partial charge in [0.2, 0.25) is 0 Å². The first-order chi connectivity index (χ1) is 6.24. The lowest BCUT2D eigenvalue weighted by atomic mass is 10.5. The first-order valence-corrected chi connectivity index (χ1v) is 5.94. The highest BCUT2D eigenvalue weighted by Crippen LogP contribution is 2.27. The Morgan fingerprint density at radius 1 is 1.62 bits per heavy atom. The third-order valence-electron chi connectivity index (χ3n) is 1.32. The third kappa shape index (κ3) is 3.85. The van der Waals surface area contributed by atoms with Gasteiger partial charge in [0, 0.05) is 18.6 Å². The topological polar surface area (TPSA) is 33.1 Å². The normalized spacial score (nSPS) is 10.4. The second kappa shape index (κ2) is 5.86. The van der Waals surface area contributed by atoms with Crippen molar-refractivity contribution in [1.82, 2.24) is 4.98 Å². The van der Waals surface area contributed by atoms with Gasteiger partial charge in [0.15, 0.2) is 0 Å². The number of halogens is 2. The highest BCUT2D eigenvalue weighted by atomic mass is 79.9. The molecule has 0 radical (unpaired) electrons. The van der Waals surface area contributed by atoms with E-state index >= 15 is 0 Å². The maximum Gasteiger partial charge on any atom is 0.110 e. The SMILES string of the molecule is OCCCSc1ncc(Cl)cc1Br. The van der Waals surface area contributed by atoms with Crippen LogP contribution in [0, 0.1) is 0 Å². The fourth-order valence-corrected chi connectivity index (χ4v) is 2.51. The predicted molar refractivity (Wildman–Crippen MR) is 59.4 cm³/mol. The van der Waals surface area contributed by atoms with Crippen molar-refractivity contribution >= 4 is 39.3 Å². The molecule has 1 aromatic heterocycles. The highest BCUT2D eigenvalue weighted by Gasteiger charge is 2.02. The summed E-state index contributed by atoms with van der Waals surface area (Å²) < 4.78 is 0.905. The Hall–Kier alpha value is 0.230. The van der Waals surface area contributed by atoms with Crippen molar-refractivity contribution in [2.75, 3.05) is 12.4 Å². The quantitative estimate of drug-likeness (QED) is 0.681. The van der Waals surface area contributed by atoms with Gasteiger partial charge in [-0.25, -0.2) is 4.98 Å². The molecule has 2 nitrogen and oxygen atoms in total. The van der Waals surface area contributed by atoms with Crippen molar-refractivity contribution < 1.29 is 5.11 Å². The lowest BCUT2D eigenvalue weighted by Crippen LogP contribution is -1.88. The minimum Gasteiger partial charge on any atom is -0.396 e. The van der Waals surface area contributed by atoms with Crippen molar-refractivity contribution in [2.45, 2.75) is 11.4 Å². The number of rotatable bonds is 4. The molecule has 0 unspecified atom stereocenters. The van der Waals surface area contributed by atoms with Crippen LogP contribution >= 0.6 is 39.3 Å². The molecule has 0 fully saturated rings. The molecule has 0 spiro atoms. The monoisotopic (exact) mass is 281 g/mol. The molecule has 0 saturated carbocycles. The second-order valence-electron chi connectivity index (χ2n) is 2.37. The van der Waals surface area contributed by atoms with E-state index in [9.17, 15) is 0 Å². The van der Waals surface area contributed by atoms with Gasteiger partial charge in [0.1, 0.15) is 5.03 Å². The smallest absolute Gasteiger partial charge is 0.110 e. The number of hydrogen-bond donors (Lipinski definition) is 1. The number of aromatic nitrogens is 1. The molecule has 0 aromatic carbocycles. The molecule has 0 saturated heterocycles. The summed E-state index contributed by atoms with van der Waals surface area (Å²) in [7, 11) is 0. The van der Waals surface area contributed by atoms with Crippen LogP contribution in [0.4, 0.5) is 0 Å². The Labute approximate surface area is 94.8 Å². The van der Waals surface area contributed by atoms with Crippen LogP contribution in [-0.4, -0.2) is 22.5 Å². The Kier molecular flexibility index (Phi) is 5.09. The largest absolute Gasteiger partial charge is 0.396 e. The standard InChI is InChI=1S/C8H9BrClNOS/c9-7-4-6(10)5-11-8(7)13-3-1-2-12/h4-5,12H,1-3H2. The molecule has 0 amide bonds. The van der Waals surface area contributed by atoms with Crippen LogP contribution in [0.2, 0.25) is 5.02 Å². The summed E-state index contributed by atoms with van der Waals surface area (Å²) in [5.74, 6) is 0.865. The summed E-state index contributed by atoms with van der Waals surface area (Å²) in [5, 5.41) is 10.1. The molecule has 0 atom stereocenters. The van der Waals surface area contributed by atoms with Gasteiger partial charge in [-0.15, -0.1) is 11.8 Å². The number of aliphatic hydroxyl groups is 1. The second-order valence-corrected chi connectivity index (χ2v) is 4.74. The first-order valence-electron chi connectivity index (χ1n) is 3.78. The van der Waals surface area contributed by atoms with Crippen LogP contribution in [0.15, 0.2) is 21.8 Å². The molecular formula is C8H9BrClNOS.